The Bertz CT molecular complexity index is 1130. The molecule has 2 atom stereocenters. The summed E-state index contributed by atoms with van der Waals surface area (Å²) in [7, 11) is 1.50. The molecular formula is C26H30N4O4. The zero-order valence-electron chi connectivity index (χ0n) is 20.0. The van der Waals surface area contributed by atoms with Gasteiger partial charge in [-0.15, -0.1) is 0 Å². The Morgan fingerprint density at radius 1 is 0.794 bits per heavy atom. The smallest absolute Gasteiger partial charge is 0.253 e. The zero-order chi connectivity index (χ0) is 25.3. The maximum atomic E-state index is 12.8. The molecule has 0 aliphatic rings. The molecule has 0 aromatic heterocycles. The molecule has 0 saturated heterocycles. The third kappa shape index (κ3) is 7.20. The zero-order valence-corrected chi connectivity index (χ0v) is 20.0. The van der Waals surface area contributed by atoms with Crippen LogP contribution in [0.1, 0.15) is 49.2 Å². The molecule has 4 amide bonds. The van der Waals surface area contributed by atoms with Crippen molar-refractivity contribution in [2.75, 3.05) is 12.4 Å². The number of benzene rings is 2. The van der Waals surface area contributed by atoms with E-state index < -0.39 is 18.0 Å². The lowest BCUT2D eigenvalue weighted by molar-refractivity contribution is -0.126. The molecule has 4 N–H and O–H groups in total. The number of carbonyl (C=O) groups is 4. The predicted octanol–water partition coefficient (Wildman–Crippen LogP) is 2.05. The molecule has 8 heteroatoms. The number of likely N-dealkylation sites (N-methyl/N-ethyl adjacent to an activating group) is 1. The lowest BCUT2D eigenvalue weighted by Crippen LogP contribution is -2.46. The molecule has 0 saturated carbocycles. The number of rotatable bonds is 7. The summed E-state index contributed by atoms with van der Waals surface area (Å²) in [5.41, 5.74) is 1.85. The summed E-state index contributed by atoms with van der Waals surface area (Å²) in [6.07, 6.45) is 0. The van der Waals surface area contributed by atoms with Crippen LogP contribution in [0.25, 0.3) is 0 Å². The van der Waals surface area contributed by atoms with Gasteiger partial charge in [-0.05, 0) is 37.1 Å². The Balaban J connectivity index is 2.30. The van der Waals surface area contributed by atoms with E-state index in [0.717, 1.165) is 0 Å². The van der Waals surface area contributed by atoms with E-state index in [-0.39, 0.29) is 23.6 Å². The first-order valence-electron chi connectivity index (χ1n) is 10.9. The quantitative estimate of drug-likeness (QED) is 0.471. The summed E-state index contributed by atoms with van der Waals surface area (Å²) < 4.78 is 0. The van der Waals surface area contributed by atoms with E-state index in [4.69, 9.17) is 0 Å². The van der Waals surface area contributed by atoms with Gasteiger partial charge in [-0.1, -0.05) is 50.0 Å². The molecule has 0 heterocycles. The second-order valence-corrected chi connectivity index (χ2v) is 8.06. The Morgan fingerprint density at radius 2 is 1.38 bits per heavy atom. The van der Waals surface area contributed by atoms with Crippen molar-refractivity contribution in [3.05, 3.63) is 65.2 Å². The summed E-state index contributed by atoms with van der Waals surface area (Å²) in [6, 6.07) is 12.5. The van der Waals surface area contributed by atoms with Gasteiger partial charge in [0.25, 0.3) is 5.91 Å². The van der Waals surface area contributed by atoms with E-state index in [1.165, 1.54) is 14.0 Å². The van der Waals surface area contributed by atoms with Crippen molar-refractivity contribution in [2.24, 2.45) is 5.92 Å². The van der Waals surface area contributed by atoms with Gasteiger partial charge in [-0.2, -0.15) is 0 Å². The summed E-state index contributed by atoms with van der Waals surface area (Å²) in [5.74, 6) is 4.54. The van der Waals surface area contributed by atoms with Crippen molar-refractivity contribution in [3.8, 4) is 11.8 Å². The molecule has 2 aromatic rings. The Morgan fingerprint density at radius 3 is 2.00 bits per heavy atom. The topological polar surface area (TPSA) is 116 Å². The van der Waals surface area contributed by atoms with Gasteiger partial charge in [0.15, 0.2) is 0 Å². The van der Waals surface area contributed by atoms with Crippen LogP contribution in [-0.4, -0.2) is 42.8 Å². The number of carbonyl (C=O) groups excluding carboxylic acids is 4. The van der Waals surface area contributed by atoms with Crippen molar-refractivity contribution in [1.29, 1.82) is 0 Å². The molecule has 0 fully saturated rings. The lowest BCUT2D eigenvalue weighted by atomic mass is 10.0. The standard InChI is InChI=1S/C26H30N4O4/c1-16(2)23(29-18(4)31)26(34)30-22-13-9-7-11-20(22)15-14-19-10-6-8-12-21(19)25(33)28-17(3)24(32)27-5/h6-13,16-17,23H,1-5H3,(H,27,32)(H,28,33)(H,29,31)(H,30,34)/t17-,23+/m0/s1. The summed E-state index contributed by atoms with van der Waals surface area (Å²) in [4.78, 5) is 48.7. The van der Waals surface area contributed by atoms with E-state index >= 15 is 0 Å². The van der Waals surface area contributed by atoms with E-state index in [1.54, 1.807) is 55.5 Å². The first kappa shape index (κ1) is 26.1. The molecule has 0 aliphatic carbocycles. The molecular weight excluding hydrogens is 432 g/mol. The third-order valence-corrected chi connectivity index (χ3v) is 4.98. The molecule has 2 rings (SSSR count). The van der Waals surface area contributed by atoms with Crippen molar-refractivity contribution in [1.82, 2.24) is 16.0 Å². The van der Waals surface area contributed by atoms with Crippen molar-refractivity contribution < 1.29 is 19.2 Å². The van der Waals surface area contributed by atoms with Crippen LogP contribution >= 0.6 is 0 Å². The molecule has 0 bridgehead atoms. The fourth-order valence-electron chi connectivity index (χ4n) is 3.15. The maximum Gasteiger partial charge on any atom is 0.253 e. The predicted molar refractivity (Wildman–Crippen MR) is 131 cm³/mol. The van der Waals surface area contributed by atoms with Gasteiger partial charge in [0.1, 0.15) is 12.1 Å². The van der Waals surface area contributed by atoms with Crippen LogP contribution in [0.4, 0.5) is 5.69 Å². The number of hydrogen-bond donors (Lipinski definition) is 4. The summed E-state index contributed by atoms with van der Waals surface area (Å²) in [5, 5.41) is 10.6. The van der Waals surface area contributed by atoms with Crippen LogP contribution in [0.2, 0.25) is 0 Å². The average molecular weight is 463 g/mol. The maximum absolute atomic E-state index is 12.8. The van der Waals surface area contributed by atoms with Crippen LogP contribution in [0, 0.1) is 17.8 Å². The first-order valence-corrected chi connectivity index (χ1v) is 10.9. The van der Waals surface area contributed by atoms with Gasteiger partial charge in [0.2, 0.25) is 17.7 Å². The number of anilines is 1. The highest BCUT2D eigenvalue weighted by Gasteiger charge is 2.23. The van der Waals surface area contributed by atoms with Gasteiger partial charge in [-0.25, -0.2) is 0 Å². The first-order chi connectivity index (χ1) is 16.1. The van der Waals surface area contributed by atoms with E-state index in [0.29, 0.717) is 22.4 Å². The summed E-state index contributed by atoms with van der Waals surface area (Å²) in [6.45, 7) is 6.65. The monoisotopic (exact) mass is 462 g/mol. The van der Waals surface area contributed by atoms with Gasteiger partial charge in [0, 0.05) is 25.1 Å². The highest BCUT2D eigenvalue weighted by atomic mass is 16.2. The van der Waals surface area contributed by atoms with Crippen molar-refractivity contribution >= 4 is 29.3 Å². The molecule has 178 valence electrons. The highest BCUT2D eigenvalue weighted by Crippen LogP contribution is 2.16. The second-order valence-electron chi connectivity index (χ2n) is 8.06. The molecule has 2 aromatic carbocycles. The van der Waals surface area contributed by atoms with Crippen LogP contribution in [0.3, 0.4) is 0 Å². The Hall–Kier alpha value is -4.12. The minimum Gasteiger partial charge on any atom is -0.357 e. The fraction of sp³-hybridized carbons (Fsp3) is 0.308. The molecule has 0 aliphatic heterocycles. The highest BCUT2D eigenvalue weighted by molar-refractivity contribution is 6.00. The average Bonchev–Trinajstić information content (AvgIpc) is 2.81. The minimum atomic E-state index is -0.702. The van der Waals surface area contributed by atoms with Crippen LogP contribution in [0.15, 0.2) is 48.5 Å². The Kier molecular flexibility index (Phi) is 9.38. The van der Waals surface area contributed by atoms with E-state index in [2.05, 4.69) is 33.1 Å². The van der Waals surface area contributed by atoms with Gasteiger partial charge in [-0.3, -0.25) is 19.2 Å². The van der Waals surface area contributed by atoms with Crippen LogP contribution in [-0.2, 0) is 14.4 Å². The third-order valence-electron chi connectivity index (χ3n) is 4.98. The number of para-hydroxylation sites is 1. The van der Waals surface area contributed by atoms with Gasteiger partial charge >= 0.3 is 0 Å². The SMILES string of the molecule is CNC(=O)[C@H](C)NC(=O)c1ccccc1C#Cc1ccccc1NC(=O)[C@H](NC(C)=O)C(C)C. The van der Waals surface area contributed by atoms with Gasteiger partial charge < -0.3 is 21.3 Å². The van der Waals surface area contributed by atoms with Crippen LogP contribution < -0.4 is 21.3 Å². The van der Waals surface area contributed by atoms with E-state index in [1.807, 2.05) is 13.8 Å². The van der Waals surface area contributed by atoms with Gasteiger partial charge in [0.05, 0.1) is 11.3 Å². The lowest BCUT2D eigenvalue weighted by Gasteiger charge is -2.21. The summed E-state index contributed by atoms with van der Waals surface area (Å²) >= 11 is 0. The number of hydrogen-bond acceptors (Lipinski definition) is 4. The normalized spacial score (nSPS) is 11.9. The van der Waals surface area contributed by atoms with Crippen molar-refractivity contribution in [3.63, 3.8) is 0 Å². The Labute approximate surface area is 199 Å². The number of nitrogens with one attached hydrogen (secondary N) is 4. The fourth-order valence-corrected chi connectivity index (χ4v) is 3.15. The largest absolute Gasteiger partial charge is 0.357 e. The minimum absolute atomic E-state index is 0.107. The molecule has 34 heavy (non-hydrogen) atoms. The number of amides is 4. The molecule has 0 spiro atoms. The molecule has 8 nitrogen and oxygen atoms in total. The van der Waals surface area contributed by atoms with Crippen LogP contribution in [0.5, 0.6) is 0 Å². The molecule has 0 radical (unpaired) electrons. The van der Waals surface area contributed by atoms with Crippen molar-refractivity contribution in [2.45, 2.75) is 39.8 Å². The van der Waals surface area contributed by atoms with E-state index in [9.17, 15) is 19.2 Å². The second kappa shape index (κ2) is 12.2. The molecule has 0 unspecified atom stereocenters.